The van der Waals surface area contributed by atoms with E-state index in [-0.39, 0.29) is 18.1 Å². The summed E-state index contributed by atoms with van der Waals surface area (Å²) in [6.45, 7) is 4.22. The van der Waals surface area contributed by atoms with Gasteiger partial charge in [-0.2, -0.15) is 0 Å². The molecule has 0 spiro atoms. The Morgan fingerprint density at radius 1 is 1.11 bits per heavy atom. The van der Waals surface area contributed by atoms with Gasteiger partial charge >= 0.3 is 0 Å². The van der Waals surface area contributed by atoms with E-state index < -0.39 is 5.41 Å². The van der Waals surface area contributed by atoms with Crippen molar-refractivity contribution in [2.45, 2.75) is 32.1 Å². The van der Waals surface area contributed by atoms with Gasteiger partial charge in [0.05, 0.1) is 17.1 Å². The number of nitrogens with one attached hydrogen (secondary N) is 1. The van der Waals surface area contributed by atoms with Crippen LogP contribution in [0.2, 0.25) is 0 Å². The number of nitrogens with zero attached hydrogens (tertiary/aromatic N) is 1. The number of hydrogen-bond acceptors (Lipinski definition) is 3. The number of hydrogen-bond donors (Lipinski definition) is 1. The van der Waals surface area contributed by atoms with Crippen LogP contribution in [-0.2, 0) is 23.1 Å². The molecule has 3 aromatic rings. The summed E-state index contributed by atoms with van der Waals surface area (Å²) in [6.07, 6.45) is 1.01. The second-order valence-corrected chi connectivity index (χ2v) is 8.15. The summed E-state index contributed by atoms with van der Waals surface area (Å²) in [6, 6.07) is 16.8. The Balaban J connectivity index is 1.54. The number of rotatable bonds is 7. The largest absolute Gasteiger partial charge is 0.355 e. The zero-order valence-electron chi connectivity index (χ0n) is 15.5. The molecule has 3 nitrogen and oxygen atoms in total. The zero-order valence-corrected chi connectivity index (χ0v) is 16.4. The molecule has 2 aromatic carbocycles. The summed E-state index contributed by atoms with van der Waals surface area (Å²) in [5.41, 5.74) is 2.09. The molecule has 0 radical (unpaired) electrons. The topological polar surface area (TPSA) is 42.0 Å². The quantitative estimate of drug-likeness (QED) is 0.653. The van der Waals surface area contributed by atoms with Gasteiger partial charge in [-0.05, 0) is 17.2 Å². The normalized spacial score (nSPS) is 11.4. The summed E-state index contributed by atoms with van der Waals surface area (Å²) >= 11 is 1.57. The van der Waals surface area contributed by atoms with E-state index in [2.05, 4.69) is 22.4 Å². The monoisotopic (exact) mass is 382 g/mol. The van der Waals surface area contributed by atoms with Crippen LogP contribution in [0.1, 0.15) is 35.7 Å². The molecule has 0 atom stereocenters. The lowest BCUT2D eigenvalue weighted by Gasteiger charge is -2.26. The first-order chi connectivity index (χ1) is 12.9. The number of carbonyl (C=O) groups excluding carboxylic acids is 1. The SMILES string of the molecule is CC(C)(CNC(=O)Cc1csc(Cc2ccccc2)n1)c1ccccc1F. The summed E-state index contributed by atoms with van der Waals surface area (Å²) in [4.78, 5) is 16.9. The lowest BCUT2D eigenvalue weighted by atomic mass is 9.84. The van der Waals surface area contributed by atoms with Crippen molar-refractivity contribution in [3.05, 3.63) is 87.6 Å². The van der Waals surface area contributed by atoms with Crippen LogP contribution in [0.25, 0.3) is 0 Å². The van der Waals surface area contributed by atoms with Gasteiger partial charge in [0.1, 0.15) is 5.82 Å². The predicted octanol–water partition coefficient (Wildman–Crippen LogP) is 4.51. The third kappa shape index (κ3) is 5.23. The highest BCUT2D eigenvalue weighted by atomic mass is 32.1. The molecule has 0 aliphatic rings. The smallest absolute Gasteiger partial charge is 0.226 e. The molecule has 1 N–H and O–H groups in total. The number of thiazole rings is 1. The van der Waals surface area contributed by atoms with Crippen molar-refractivity contribution in [2.24, 2.45) is 0 Å². The van der Waals surface area contributed by atoms with E-state index in [0.717, 1.165) is 17.1 Å². The molecule has 0 saturated carbocycles. The van der Waals surface area contributed by atoms with Crippen molar-refractivity contribution >= 4 is 17.2 Å². The average molecular weight is 383 g/mol. The molecule has 5 heteroatoms. The molecular formula is C22H23FN2OS. The fraction of sp³-hybridized carbons (Fsp3) is 0.273. The van der Waals surface area contributed by atoms with Gasteiger partial charge in [0.15, 0.2) is 0 Å². The van der Waals surface area contributed by atoms with Crippen molar-refractivity contribution in [2.75, 3.05) is 6.54 Å². The molecular weight excluding hydrogens is 359 g/mol. The molecule has 0 unspecified atom stereocenters. The van der Waals surface area contributed by atoms with Gasteiger partial charge in [0.25, 0.3) is 0 Å². The number of aromatic nitrogens is 1. The van der Waals surface area contributed by atoms with Crippen molar-refractivity contribution in [3.63, 3.8) is 0 Å². The van der Waals surface area contributed by atoms with E-state index >= 15 is 0 Å². The third-order valence-corrected chi connectivity index (χ3v) is 5.37. The Morgan fingerprint density at radius 2 is 1.81 bits per heavy atom. The number of carbonyl (C=O) groups is 1. The van der Waals surface area contributed by atoms with Crippen LogP contribution >= 0.6 is 11.3 Å². The van der Waals surface area contributed by atoms with Crippen LogP contribution in [0.3, 0.4) is 0 Å². The first-order valence-corrected chi connectivity index (χ1v) is 9.81. The van der Waals surface area contributed by atoms with Crippen LogP contribution in [0.15, 0.2) is 60.0 Å². The Bertz CT molecular complexity index is 905. The Labute approximate surface area is 163 Å². The second kappa shape index (κ2) is 8.44. The molecule has 0 bridgehead atoms. The van der Waals surface area contributed by atoms with Gasteiger partial charge in [0.2, 0.25) is 5.91 Å². The van der Waals surface area contributed by atoms with Gasteiger partial charge in [-0.25, -0.2) is 9.37 Å². The summed E-state index contributed by atoms with van der Waals surface area (Å²) in [5, 5.41) is 5.84. The minimum atomic E-state index is -0.485. The Morgan fingerprint density at radius 3 is 2.56 bits per heavy atom. The summed E-state index contributed by atoms with van der Waals surface area (Å²) in [7, 11) is 0. The van der Waals surface area contributed by atoms with Gasteiger partial charge < -0.3 is 5.32 Å². The minimum absolute atomic E-state index is 0.101. The molecule has 1 aromatic heterocycles. The van der Waals surface area contributed by atoms with Gasteiger partial charge in [0, 0.05) is 23.8 Å². The highest BCUT2D eigenvalue weighted by Crippen LogP contribution is 2.24. The fourth-order valence-electron chi connectivity index (χ4n) is 2.93. The van der Waals surface area contributed by atoms with Crippen LogP contribution in [-0.4, -0.2) is 17.4 Å². The van der Waals surface area contributed by atoms with Gasteiger partial charge in [-0.1, -0.05) is 62.4 Å². The number of halogens is 1. The van der Waals surface area contributed by atoms with E-state index in [9.17, 15) is 9.18 Å². The van der Waals surface area contributed by atoms with E-state index in [1.807, 2.05) is 43.5 Å². The maximum Gasteiger partial charge on any atom is 0.226 e. The first-order valence-electron chi connectivity index (χ1n) is 8.93. The van der Waals surface area contributed by atoms with Crippen LogP contribution < -0.4 is 5.32 Å². The van der Waals surface area contributed by atoms with Crippen molar-refractivity contribution in [1.82, 2.24) is 10.3 Å². The van der Waals surface area contributed by atoms with E-state index in [1.54, 1.807) is 23.5 Å². The standard InChI is InChI=1S/C22H23FN2OS/c1-22(2,18-10-6-7-11-19(18)23)15-24-20(26)13-17-14-27-21(25-17)12-16-8-4-3-5-9-16/h3-11,14H,12-13,15H2,1-2H3,(H,24,26). The molecule has 27 heavy (non-hydrogen) atoms. The second-order valence-electron chi connectivity index (χ2n) is 7.21. The van der Waals surface area contributed by atoms with E-state index in [4.69, 9.17) is 0 Å². The van der Waals surface area contributed by atoms with Crippen LogP contribution in [0.5, 0.6) is 0 Å². The van der Waals surface area contributed by atoms with E-state index in [0.29, 0.717) is 12.1 Å². The maximum atomic E-state index is 14.0. The van der Waals surface area contributed by atoms with Gasteiger partial charge in [-0.3, -0.25) is 4.79 Å². The highest BCUT2D eigenvalue weighted by molar-refractivity contribution is 7.09. The zero-order chi connectivity index (χ0) is 19.3. The molecule has 0 saturated heterocycles. The molecule has 0 aliphatic carbocycles. The molecule has 140 valence electrons. The Hall–Kier alpha value is -2.53. The van der Waals surface area contributed by atoms with Crippen LogP contribution in [0.4, 0.5) is 4.39 Å². The fourth-order valence-corrected chi connectivity index (χ4v) is 3.76. The van der Waals surface area contributed by atoms with Gasteiger partial charge in [-0.15, -0.1) is 11.3 Å². The molecule has 3 rings (SSSR count). The molecule has 1 heterocycles. The third-order valence-electron chi connectivity index (χ3n) is 4.47. The van der Waals surface area contributed by atoms with Crippen molar-refractivity contribution in [1.29, 1.82) is 0 Å². The van der Waals surface area contributed by atoms with Crippen molar-refractivity contribution in [3.8, 4) is 0 Å². The predicted molar refractivity (Wildman–Crippen MR) is 108 cm³/mol. The average Bonchev–Trinajstić information content (AvgIpc) is 3.08. The maximum absolute atomic E-state index is 14.0. The summed E-state index contributed by atoms with van der Waals surface area (Å²) in [5.74, 6) is -0.349. The van der Waals surface area contributed by atoms with Crippen molar-refractivity contribution < 1.29 is 9.18 Å². The van der Waals surface area contributed by atoms with E-state index in [1.165, 1.54) is 11.6 Å². The summed E-state index contributed by atoms with van der Waals surface area (Å²) < 4.78 is 14.0. The lowest BCUT2D eigenvalue weighted by Crippen LogP contribution is -2.38. The highest BCUT2D eigenvalue weighted by Gasteiger charge is 2.24. The number of benzene rings is 2. The van der Waals surface area contributed by atoms with Crippen LogP contribution in [0, 0.1) is 5.82 Å². The number of amides is 1. The molecule has 0 aliphatic heterocycles. The molecule has 0 fully saturated rings. The lowest BCUT2D eigenvalue weighted by molar-refractivity contribution is -0.120. The first kappa shape index (κ1) is 19.2. The molecule has 1 amide bonds. The Kier molecular flexibility index (Phi) is 6.01. The minimum Gasteiger partial charge on any atom is -0.355 e.